The summed E-state index contributed by atoms with van der Waals surface area (Å²) >= 11 is 0. The molecule has 0 spiro atoms. The van der Waals surface area contributed by atoms with Crippen molar-refractivity contribution in [2.24, 2.45) is 0 Å². The fourth-order valence-electron chi connectivity index (χ4n) is 6.94. The lowest BCUT2D eigenvalue weighted by atomic mass is 9.84. The molecule has 0 saturated heterocycles. The maximum Gasteiger partial charge on any atom is 0.135 e. The van der Waals surface area contributed by atoms with E-state index in [1.54, 1.807) is 0 Å². The summed E-state index contributed by atoms with van der Waals surface area (Å²) in [5.74, 6) is 0. The predicted molar refractivity (Wildman–Crippen MR) is 183 cm³/mol. The third kappa shape index (κ3) is 3.72. The van der Waals surface area contributed by atoms with Crippen LogP contribution >= 0.6 is 0 Å². The highest BCUT2D eigenvalue weighted by atomic mass is 16.3. The lowest BCUT2D eigenvalue weighted by Crippen LogP contribution is -1.92. The first-order valence-corrected chi connectivity index (χ1v) is 14.8. The molecule has 0 bridgehead atoms. The minimum Gasteiger partial charge on any atom is -0.456 e. The van der Waals surface area contributed by atoms with Gasteiger partial charge in [-0.05, 0) is 96.0 Å². The molecular weight excluding hydrogens is 520 g/mol. The van der Waals surface area contributed by atoms with Crippen LogP contribution in [0.5, 0.6) is 0 Å². The van der Waals surface area contributed by atoms with Crippen LogP contribution in [0.1, 0.15) is 0 Å². The first kappa shape index (κ1) is 24.0. The lowest BCUT2D eigenvalue weighted by molar-refractivity contribution is 0.669. The molecule has 0 radical (unpaired) electrons. The van der Waals surface area contributed by atoms with E-state index in [9.17, 15) is 0 Å². The molecule has 1 heterocycles. The lowest BCUT2D eigenvalue weighted by Gasteiger charge is -2.19. The van der Waals surface area contributed by atoms with Crippen LogP contribution in [0.3, 0.4) is 0 Å². The normalized spacial score (nSPS) is 11.7. The molecule has 1 heteroatoms. The quantitative estimate of drug-likeness (QED) is 0.201. The molecule has 1 aromatic heterocycles. The van der Waals surface area contributed by atoms with Crippen LogP contribution in [-0.2, 0) is 0 Å². The molecular formula is C42H26O. The van der Waals surface area contributed by atoms with Crippen molar-refractivity contribution < 1.29 is 4.42 Å². The third-order valence-corrected chi connectivity index (χ3v) is 8.83. The molecule has 0 aliphatic carbocycles. The minimum atomic E-state index is 0.916. The topological polar surface area (TPSA) is 13.1 Å². The van der Waals surface area contributed by atoms with Crippen LogP contribution in [0.4, 0.5) is 0 Å². The van der Waals surface area contributed by atoms with Crippen LogP contribution in [0, 0.1) is 0 Å². The van der Waals surface area contributed by atoms with Gasteiger partial charge in [-0.1, -0.05) is 127 Å². The van der Waals surface area contributed by atoms with Gasteiger partial charge in [-0.15, -0.1) is 0 Å². The molecule has 0 N–H and O–H groups in total. The Balaban J connectivity index is 1.38. The fourth-order valence-corrected chi connectivity index (χ4v) is 6.94. The average Bonchev–Trinajstić information content (AvgIpc) is 3.45. The monoisotopic (exact) mass is 546 g/mol. The fraction of sp³-hybridized carbons (Fsp3) is 0. The smallest absolute Gasteiger partial charge is 0.135 e. The molecule has 0 aliphatic rings. The molecule has 0 atom stereocenters. The van der Waals surface area contributed by atoms with E-state index in [0.29, 0.717) is 0 Å². The molecule has 8 aromatic carbocycles. The second kappa shape index (κ2) is 9.44. The van der Waals surface area contributed by atoms with E-state index in [1.807, 2.05) is 12.1 Å². The Morgan fingerprint density at radius 2 is 0.837 bits per heavy atom. The van der Waals surface area contributed by atoms with Crippen molar-refractivity contribution in [3.8, 4) is 33.4 Å². The molecule has 9 aromatic rings. The summed E-state index contributed by atoms with van der Waals surface area (Å²) in [6, 6.07) is 56.9. The number of fused-ring (bicyclic) bond motifs is 6. The van der Waals surface area contributed by atoms with Crippen molar-refractivity contribution in [1.82, 2.24) is 0 Å². The largest absolute Gasteiger partial charge is 0.456 e. The minimum absolute atomic E-state index is 0.916. The van der Waals surface area contributed by atoms with E-state index in [4.69, 9.17) is 4.42 Å². The van der Waals surface area contributed by atoms with Crippen molar-refractivity contribution in [2.75, 3.05) is 0 Å². The zero-order valence-electron chi connectivity index (χ0n) is 23.4. The van der Waals surface area contributed by atoms with Gasteiger partial charge in [-0.3, -0.25) is 0 Å². The van der Waals surface area contributed by atoms with Gasteiger partial charge in [-0.2, -0.15) is 0 Å². The zero-order chi connectivity index (χ0) is 28.3. The van der Waals surface area contributed by atoms with Crippen LogP contribution < -0.4 is 0 Å². The molecule has 43 heavy (non-hydrogen) atoms. The van der Waals surface area contributed by atoms with Crippen LogP contribution in [-0.4, -0.2) is 0 Å². The van der Waals surface area contributed by atoms with E-state index in [1.165, 1.54) is 65.7 Å². The first-order valence-electron chi connectivity index (χ1n) is 14.8. The molecule has 200 valence electrons. The van der Waals surface area contributed by atoms with Gasteiger partial charge >= 0.3 is 0 Å². The number of furan rings is 1. The van der Waals surface area contributed by atoms with Crippen molar-refractivity contribution in [3.05, 3.63) is 158 Å². The molecule has 9 rings (SSSR count). The number of hydrogen-bond donors (Lipinski definition) is 0. The Labute approximate surface area is 249 Å². The summed E-state index contributed by atoms with van der Waals surface area (Å²) in [5.41, 5.74) is 9.27. The van der Waals surface area contributed by atoms with Gasteiger partial charge in [0, 0.05) is 10.8 Å². The van der Waals surface area contributed by atoms with Gasteiger partial charge in [0.05, 0.1) is 0 Å². The second-order valence-electron chi connectivity index (χ2n) is 11.3. The SMILES string of the molecule is c1ccc(-c2cc(-c3c4ccccc4c(-c4ccc5oc6ccccc6c5c4)c4ccccc34)cc3ccccc23)cc1. The van der Waals surface area contributed by atoms with E-state index in [-0.39, 0.29) is 0 Å². The van der Waals surface area contributed by atoms with Gasteiger partial charge in [0.25, 0.3) is 0 Å². The summed E-state index contributed by atoms with van der Waals surface area (Å²) in [7, 11) is 0. The Morgan fingerprint density at radius 3 is 1.53 bits per heavy atom. The van der Waals surface area contributed by atoms with E-state index in [0.717, 1.165) is 21.9 Å². The zero-order valence-corrected chi connectivity index (χ0v) is 23.4. The molecule has 0 unspecified atom stereocenters. The van der Waals surface area contributed by atoms with Crippen molar-refractivity contribution in [3.63, 3.8) is 0 Å². The highest BCUT2D eigenvalue weighted by molar-refractivity contribution is 6.23. The van der Waals surface area contributed by atoms with E-state index in [2.05, 4.69) is 146 Å². The highest BCUT2D eigenvalue weighted by Crippen LogP contribution is 2.46. The van der Waals surface area contributed by atoms with E-state index < -0.39 is 0 Å². The summed E-state index contributed by atoms with van der Waals surface area (Å²) in [6.45, 7) is 0. The van der Waals surface area contributed by atoms with Gasteiger partial charge in [0.2, 0.25) is 0 Å². The third-order valence-electron chi connectivity index (χ3n) is 8.83. The number of hydrogen-bond acceptors (Lipinski definition) is 1. The molecule has 0 saturated carbocycles. The Kier molecular flexibility index (Phi) is 5.27. The summed E-state index contributed by atoms with van der Waals surface area (Å²) in [6.07, 6.45) is 0. The Morgan fingerprint density at radius 1 is 0.302 bits per heavy atom. The van der Waals surface area contributed by atoms with Gasteiger partial charge in [-0.25, -0.2) is 0 Å². The maximum atomic E-state index is 6.18. The molecule has 0 amide bonds. The van der Waals surface area contributed by atoms with Crippen LogP contribution in [0.25, 0.3) is 87.6 Å². The highest BCUT2D eigenvalue weighted by Gasteiger charge is 2.19. The number of rotatable bonds is 3. The first-order chi connectivity index (χ1) is 21.3. The van der Waals surface area contributed by atoms with Gasteiger partial charge < -0.3 is 4.42 Å². The summed E-state index contributed by atoms with van der Waals surface area (Å²) < 4.78 is 6.18. The van der Waals surface area contributed by atoms with Gasteiger partial charge in [0.1, 0.15) is 11.2 Å². The van der Waals surface area contributed by atoms with Crippen LogP contribution in [0.2, 0.25) is 0 Å². The van der Waals surface area contributed by atoms with Crippen molar-refractivity contribution in [1.29, 1.82) is 0 Å². The maximum absolute atomic E-state index is 6.18. The predicted octanol–water partition coefficient (Wildman–Crippen LogP) is 12.0. The van der Waals surface area contributed by atoms with Gasteiger partial charge in [0.15, 0.2) is 0 Å². The van der Waals surface area contributed by atoms with Crippen LogP contribution in [0.15, 0.2) is 162 Å². The Hall–Kier alpha value is -5.66. The summed E-state index contributed by atoms with van der Waals surface area (Å²) in [5, 5.41) is 9.80. The average molecular weight is 547 g/mol. The van der Waals surface area contributed by atoms with Crippen molar-refractivity contribution >= 4 is 54.3 Å². The molecule has 1 nitrogen and oxygen atoms in total. The standard InChI is InChI=1S/C42H26O/c1-2-12-27(13-3-1)37-26-30(24-28-14-4-5-15-31(28)37)42-35-19-8-6-17-33(35)41(34-18-7-9-20-36(34)42)29-22-23-40-38(25-29)32-16-10-11-21-39(32)43-40/h1-26H. The van der Waals surface area contributed by atoms with E-state index >= 15 is 0 Å². The number of benzene rings is 8. The number of para-hydroxylation sites is 1. The molecule has 0 fully saturated rings. The van der Waals surface area contributed by atoms with Crippen molar-refractivity contribution in [2.45, 2.75) is 0 Å². The molecule has 0 aliphatic heterocycles. The Bertz CT molecular complexity index is 2440. The second-order valence-corrected chi connectivity index (χ2v) is 11.3. The summed E-state index contributed by atoms with van der Waals surface area (Å²) in [4.78, 5) is 0.